The lowest BCUT2D eigenvalue weighted by molar-refractivity contribution is 0.315. The molecular formula is C15H8ClN3O4S. The summed E-state index contributed by atoms with van der Waals surface area (Å²) in [6.45, 7) is 0. The van der Waals surface area contributed by atoms with Gasteiger partial charge in [-0.05, 0) is 46.7 Å². The molecule has 0 saturated carbocycles. The van der Waals surface area contributed by atoms with Gasteiger partial charge in [-0.25, -0.2) is 4.63 Å². The largest absolute Gasteiger partial charge is 0.377 e. The molecule has 4 rings (SSSR count). The number of hydrogen-bond donors (Lipinski definition) is 0. The second-order valence-electron chi connectivity index (χ2n) is 4.87. The van der Waals surface area contributed by atoms with Crippen molar-refractivity contribution in [2.24, 2.45) is 0 Å². The highest BCUT2D eigenvalue weighted by Gasteiger charge is 2.24. The van der Waals surface area contributed by atoms with Gasteiger partial charge in [0.05, 0.1) is 5.02 Å². The van der Waals surface area contributed by atoms with Crippen LogP contribution >= 0.6 is 11.6 Å². The zero-order valence-corrected chi connectivity index (χ0v) is 13.5. The molecule has 9 heteroatoms. The lowest BCUT2D eigenvalue weighted by atomic mass is 10.2. The van der Waals surface area contributed by atoms with Crippen molar-refractivity contribution in [1.82, 2.24) is 15.3 Å². The Kier molecular flexibility index (Phi) is 3.36. The van der Waals surface area contributed by atoms with E-state index in [1.165, 1.54) is 24.4 Å². The first kappa shape index (κ1) is 14.9. The van der Waals surface area contributed by atoms with Gasteiger partial charge in [-0.15, -0.1) is 0 Å². The molecule has 0 saturated heterocycles. The van der Waals surface area contributed by atoms with Crippen LogP contribution in [0.25, 0.3) is 21.9 Å². The minimum Gasteiger partial charge on any atom is -0.377 e. The summed E-state index contributed by atoms with van der Waals surface area (Å²) in [4.78, 5) is 4.01. The third-order valence-corrected chi connectivity index (χ3v) is 4.99. The molecular weight excluding hydrogens is 354 g/mol. The topological polar surface area (TPSA) is 95.2 Å². The first-order chi connectivity index (χ1) is 11.6. The van der Waals surface area contributed by atoms with Crippen molar-refractivity contribution in [3.8, 4) is 5.75 Å². The maximum absolute atomic E-state index is 12.6. The molecule has 0 spiro atoms. The summed E-state index contributed by atoms with van der Waals surface area (Å²) in [5, 5.41) is 8.29. The second kappa shape index (κ2) is 5.43. The van der Waals surface area contributed by atoms with Crippen LogP contribution in [0.4, 0.5) is 0 Å². The number of nitrogens with zero attached hydrogens (tertiary/aromatic N) is 3. The van der Waals surface area contributed by atoms with E-state index >= 15 is 0 Å². The van der Waals surface area contributed by atoms with Crippen LogP contribution < -0.4 is 4.18 Å². The van der Waals surface area contributed by atoms with E-state index in [9.17, 15) is 8.42 Å². The lowest BCUT2D eigenvalue weighted by Crippen LogP contribution is -2.11. The van der Waals surface area contributed by atoms with Crippen LogP contribution in [0, 0.1) is 0 Å². The van der Waals surface area contributed by atoms with Crippen LogP contribution in [0.2, 0.25) is 5.02 Å². The normalized spacial score (nSPS) is 11.9. The monoisotopic (exact) mass is 361 g/mol. The molecule has 0 aliphatic carbocycles. The van der Waals surface area contributed by atoms with Crippen LogP contribution in [0.3, 0.4) is 0 Å². The first-order valence-electron chi connectivity index (χ1n) is 6.75. The molecule has 2 aromatic heterocycles. The zero-order chi connectivity index (χ0) is 16.7. The van der Waals surface area contributed by atoms with Crippen molar-refractivity contribution in [1.29, 1.82) is 0 Å². The minimum atomic E-state index is -4.16. The van der Waals surface area contributed by atoms with E-state index in [0.717, 1.165) is 0 Å². The zero-order valence-electron chi connectivity index (χ0n) is 11.9. The van der Waals surface area contributed by atoms with Gasteiger partial charge in [0.1, 0.15) is 15.9 Å². The average Bonchev–Trinajstić information content (AvgIpc) is 3.06. The van der Waals surface area contributed by atoms with Gasteiger partial charge in [0, 0.05) is 11.6 Å². The molecule has 24 heavy (non-hydrogen) atoms. The molecule has 4 aromatic rings. The van der Waals surface area contributed by atoms with Crippen LogP contribution in [-0.2, 0) is 10.1 Å². The maximum atomic E-state index is 12.6. The number of halogens is 1. The Balaban J connectivity index is 1.86. The van der Waals surface area contributed by atoms with Gasteiger partial charge in [0.2, 0.25) is 0 Å². The predicted molar refractivity (Wildman–Crippen MR) is 86.4 cm³/mol. The van der Waals surface area contributed by atoms with Crippen molar-refractivity contribution in [2.45, 2.75) is 4.90 Å². The van der Waals surface area contributed by atoms with E-state index in [4.69, 9.17) is 15.8 Å². The van der Waals surface area contributed by atoms with Crippen molar-refractivity contribution in [3.05, 3.63) is 53.7 Å². The molecule has 0 radical (unpaired) electrons. The summed E-state index contributed by atoms with van der Waals surface area (Å²) in [6, 6.07) is 10.9. The lowest BCUT2D eigenvalue weighted by Gasteiger charge is -2.09. The third kappa shape index (κ3) is 2.36. The van der Waals surface area contributed by atoms with Gasteiger partial charge in [0.25, 0.3) is 0 Å². The van der Waals surface area contributed by atoms with E-state index < -0.39 is 10.1 Å². The first-order valence-corrected chi connectivity index (χ1v) is 8.54. The third-order valence-electron chi connectivity index (χ3n) is 3.40. The molecule has 0 amide bonds. The van der Waals surface area contributed by atoms with Crippen molar-refractivity contribution in [2.75, 3.05) is 0 Å². The molecule has 120 valence electrons. The van der Waals surface area contributed by atoms with Gasteiger partial charge < -0.3 is 4.18 Å². The Labute approximate surface area is 140 Å². The Morgan fingerprint density at radius 3 is 2.75 bits per heavy atom. The summed E-state index contributed by atoms with van der Waals surface area (Å²) < 4.78 is 35.2. The highest BCUT2D eigenvalue weighted by molar-refractivity contribution is 7.87. The van der Waals surface area contributed by atoms with Gasteiger partial charge >= 0.3 is 10.1 Å². The van der Waals surface area contributed by atoms with Gasteiger partial charge in [-0.1, -0.05) is 17.7 Å². The smallest absolute Gasteiger partial charge is 0.341 e. The molecule has 0 bridgehead atoms. The number of rotatable bonds is 3. The standard InChI is InChI=1S/C15H8ClN3O4S/c16-10-6-7-12(14-9(10)3-2-8-17-14)22-24(20,21)13-5-1-4-11-15(13)19-23-18-11/h1-8H. The van der Waals surface area contributed by atoms with E-state index in [2.05, 4.69) is 19.9 Å². The Bertz CT molecular complexity index is 1170. The molecule has 2 aromatic carbocycles. The fourth-order valence-electron chi connectivity index (χ4n) is 2.33. The number of benzene rings is 2. The predicted octanol–water partition coefficient (Wildman–Crippen LogP) is 3.19. The SMILES string of the molecule is O=S(=O)(Oc1ccc(Cl)c2cccnc12)c1cccc2nonc12. The molecule has 2 heterocycles. The summed E-state index contributed by atoms with van der Waals surface area (Å²) in [5.41, 5.74) is 0.765. The highest BCUT2D eigenvalue weighted by atomic mass is 35.5. The van der Waals surface area contributed by atoms with Crippen molar-refractivity contribution >= 4 is 43.7 Å². The van der Waals surface area contributed by atoms with Gasteiger partial charge in [-0.3, -0.25) is 4.98 Å². The van der Waals surface area contributed by atoms with Crippen molar-refractivity contribution in [3.63, 3.8) is 0 Å². The fourth-order valence-corrected chi connectivity index (χ4v) is 3.63. The van der Waals surface area contributed by atoms with Gasteiger partial charge in [-0.2, -0.15) is 8.42 Å². The van der Waals surface area contributed by atoms with Crippen LogP contribution in [0.5, 0.6) is 5.75 Å². The van der Waals surface area contributed by atoms with Crippen LogP contribution in [0.15, 0.2) is 58.2 Å². The maximum Gasteiger partial charge on any atom is 0.341 e. The second-order valence-corrected chi connectivity index (χ2v) is 6.79. The number of fused-ring (bicyclic) bond motifs is 2. The molecule has 0 N–H and O–H groups in total. The Morgan fingerprint density at radius 1 is 1.00 bits per heavy atom. The van der Waals surface area contributed by atoms with E-state index in [0.29, 0.717) is 21.4 Å². The van der Waals surface area contributed by atoms with E-state index in [1.54, 1.807) is 24.3 Å². The molecule has 0 fully saturated rings. The number of pyridine rings is 1. The van der Waals surface area contributed by atoms with Crippen LogP contribution in [0.1, 0.15) is 0 Å². The Morgan fingerprint density at radius 2 is 1.88 bits per heavy atom. The highest BCUT2D eigenvalue weighted by Crippen LogP contribution is 2.32. The molecule has 0 aliphatic heterocycles. The van der Waals surface area contributed by atoms with Crippen molar-refractivity contribution < 1.29 is 17.2 Å². The average molecular weight is 362 g/mol. The number of hydrogen-bond acceptors (Lipinski definition) is 7. The fraction of sp³-hybridized carbons (Fsp3) is 0. The summed E-state index contributed by atoms with van der Waals surface area (Å²) in [6.07, 6.45) is 1.53. The minimum absolute atomic E-state index is 0.0726. The molecule has 0 aliphatic rings. The number of aromatic nitrogens is 3. The summed E-state index contributed by atoms with van der Waals surface area (Å²) in [5.74, 6) is 0.0726. The Hall–Kier alpha value is -2.71. The summed E-state index contributed by atoms with van der Waals surface area (Å²) >= 11 is 6.11. The molecule has 0 unspecified atom stereocenters. The van der Waals surface area contributed by atoms with E-state index in [1.807, 2.05) is 0 Å². The summed E-state index contributed by atoms with van der Waals surface area (Å²) in [7, 11) is -4.16. The van der Waals surface area contributed by atoms with Gasteiger partial charge in [0.15, 0.2) is 11.3 Å². The molecule has 0 atom stereocenters. The molecule has 7 nitrogen and oxygen atoms in total. The van der Waals surface area contributed by atoms with Crippen LogP contribution in [-0.4, -0.2) is 23.7 Å². The van der Waals surface area contributed by atoms with E-state index in [-0.39, 0.29) is 16.2 Å². The quantitative estimate of drug-likeness (QED) is 0.517.